The second kappa shape index (κ2) is 4.25. The number of hydrogen-bond donors (Lipinski definition) is 1. The molecule has 3 aromatic rings. The molecule has 0 bridgehead atoms. The van der Waals surface area contributed by atoms with E-state index in [1.807, 2.05) is 30.3 Å². The van der Waals surface area contributed by atoms with Crippen LogP contribution in [0.15, 0.2) is 47.9 Å². The van der Waals surface area contributed by atoms with Crippen molar-refractivity contribution in [2.45, 2.75) is 0 Å². The van der Waals surface area contributed by atoms with Crippen LogP contribution in [-0.4, -0.2) is 31.2 Å². The standard InChI is InChI=1S/C12H9N5O/c18-15-7-9-6-13-12-11(16-9)8-14-17(12)10-4-2-1-3-5-10/h1-8,18H. The molecule has 0 spiro atoms. The first-order valence-electron chi connectivity index (χ1n) is 5.32. The quantitative estimate of drug-likeness (QED) is 0.419. The summed E-state index contributed by atoms with van der Waals surface area (Å²) < 4.78 is 1.71. The molecule has 6 heteroatoms. The van der Waals surface area contributed by atoms with Crippen LogP contribution >= 0.6 is 0 Å². The fourth-order valence-corrected chi connectivity index (χ4v) is 1.71. The summed E-state index contributed by atoms with van der Waals surface area (Å²) in [4.78, 5) is 8.53. The van der Waals surface area contributed by atoms with E-state index in [1.165, 1.54) is 12.4 Å². The van der Waals surface area contributed by atoms with Crippen LogP contribution in [0.25, 0.3) is 16.9 Å². The van der Waals surface area contributed by atoms with Gasteiger partial charge in [-0.25, -0.2) is 14.6 Å². The van der Waals surface area contributed by atoms with Crippen molar-refractivity contribution in [3.63, 3.8) is 0 Å². The van der Waals surface area contributed by atoms with Gasteiger partial charge in [-0.15, -0.1) is 0 Å². The third-order valence-electron chi connectivity index (χ3n) is 2.48. The maximum atomic E-state index is 8.46. The number of aromatic nitrogens is 4. The fourth-order valence-electron chi connectivity index (χ4n) is 1.71. The minimum Gasteiger partial charge on any atom is -0.411 e. The first kappa shape index (κ1) is 10.4. The average molecular weight is 239 g/mol. The third kappa shape index (κ3) is 1.69. The van der Waals surface area contributed by atoms with Crippen molar-refractivity contribution in [1.82, 2.24) is 19.7 Å². The summed E-state index contributed by atoms with van der Waals surface area (Å²) in [5.41, 5.74) is 2.72. The number of nitrogens with zero attached hydrogens (tertiary/aromatic N) is 5. The van der Waals surface area contributed by atoms with Gasteiger partial charge < -0.3 is 5.21 Å². The molecule has 1 N–H and O–H groups in total. The molecule has 1 aromatic carbocycles. The van der Waals surface area contributed by atoms with Crippen molar-refractivity contribution in [3.05, 3.63) is 48.4 Å². The molecule has 0 amide bonds. The van der Waals surface area contributed by atoms with Crippen LogP contribution in [0.2, 0.25) is 0 Å². The van der Waals surface area contributed by atoms with Gasteiger partial charge >= 0.3 is 0 Å². The molecule has 0 unspecified atom stereocenters. The monoisotopic (exact) mass is 239 g/mol. The molecule has 2 heterocycles. The molecule has 0 atom stereocenters. The third-order valence-corrected chi connectivity index (χ3v) is 2.48. The molecule has 6 nitrogen and oxygen atoms in total. The minimum atomic E-state index is 0.484. The van der Waals surface area contributed by atoms with Crippen molar-refractivity contribution in [3.8, 4) is 5.69 Å². The van der Waals surface area contributed by atoms with E-state index in [9.17, 15) is 0 Å². The second-order valence-corrected chi connectivity index (χ2v) is 3.64. The van der Waals surface area contributed by atoms with E-state index in [-0.39, 0.29) is 0 Å². The van der Waals surface area contributed by atoms with Crippen LogP contribution in [0.3, 0.4) is 0 Å². The lowest BCUT2D eigenvalue weighted by atomic mass is 10.3. The first-order valence-corrected chi connectivity index (χ1v) is 5.32. The molecule has 18 heavy (non-hydrogen) atoms. The lowest BCUT2D eigenvalue weighted by Gasteiger charge is -2.01. The highest BCUT2D eigenvalue weighted by atomic mass is 16.4. The Morgan fingerprint density at radius 3 is 2.78 bits per heavy atom. The zero-order valence-corrected chi connectivity index (χ0v) is 9.30. The van der Waals surface area contributed by atoms with E-state index in [0.29, 0.717) is 16.9 Å². The normalized spacial score (nSPS) is 11.3. The fraction of sp³-hybridized carbons (Fsp3) is 0. The van der Waals surface area contributed by atoms with Gasteiger partial charge in [0.15, 0.2) is 5.65 Å². The zero-order valence-electron chi connectivity index (χ0n) is 9.30. The van der Waals surface area contributed by atoms with Gasteiger partial charge in [0.25, 0.3) is 0 Å². The summed E-state index contributed by atoms with van der Waals surface area (Å²) in [5.74, 6) is 0. The van der Waals surface area contributed by atoms with Gasteiger partial charge in [-0.1, -0.05) is 23.4 Å². The van der Waals surface area contributed by atoms with Gasteiger partial charge in [-0.05, 0) is 12.1 Å². The van der Waals surface area contributed by atoms with Crippen molar-refractivity contribution in [2.24, 2.45) is 5.16 Å². The Bertz CT molecular complexity index is 705. The molecular formula is C12H9N5O. The molecule has 0 aliphatic heterocycles. The van der Waals surface area contributed by atoms with E-state index >= 15 is 0 Å². The Morgan fingerprint density at radius 2 is 2.00 bits per heavy atom. The molecule has 0 saturated carbocycles. The van der Waals surface area contributed by atoms with Crippen LogP contribution in [-0.2, 0) is 0 Å². The molecule has 0 radical (unpaired) electrons. The van der Waals surface area contributed by atoms with E-state index < -0.39 is 0 Å². The van der Waals surface area contributed by atoms with Crippen molar-refractivity contribution in [1.29, 1.82) is 0 Å². The number of oxime groups is 1. The highest BCUT2D eigenvalue weighted by Crippen LogP contribution is 2.14. The van der Waals surface area contributed by atoms with E-state index in [1.54, 1.807) is 10.9 Å². The van der Waals surface area contributed by atoms with Crippen LogP contribution < -0.4 is 0 Å². The smallest absolute Gasteiger partial charge is 0.181 e. The van der Waals surface area contributed by atoms with Gasteiger partial charge in [0.2, 0.25) is 0 Å². The van der Waals surface area contributed by atoms with Gasteiger partial charge in [-0.3, -0.25) is 0 Å². The summed E-state index contributed by atoms with van der Waals surface area (Å²) in [6, 6.07) is 9.69. The number of benzene rings is 1. The SMILES string of the molecule is ON=Cc1cnc2c(cnn2-c2ccccc2)n1. The van der Waals surface area contributed by atoms with Gasteiger partial charge in [-0.2, -0.15) is 5.10 Å². The summed E-state index contributed by atoms with van der Waals surface area (Å²) in [5, 5.41) is 15.6. The van der Waals surface area contributed by atoms with Crippen LogP contribution in [0.1, 0.15) is 5.69 Å². The maximum Gasteiger partial charge on any atom is 0.181 e. The van der Waals surface area contributed by atoms with Gasteiger partial charge in [0.05, 0.1) is 24.3 Å². The highest BCUT2D eigenvalue weighted by Gasteiger charge is 2.07. The minimum absolute atomic E-state index is 0.484. The Morgan fingerprint density at radius 1 is 1.17 bits per heavy atom. The molecule has 0 fully saturated rings. The molecule has 0 aliphatic carbocycles. The molecule has 2 aromatic heterocycles. The van der Waals surface area contributed by atoms with Crippen LogP contribution in [0.4, 0.5) is 0 Å². The topological polar surface area (TPSA) is 76.2 Å². The second-order valence-electron chi connectivity index (χ2n) is 3.64. The van der Waals surface area contributed by atoms with Gasteiger partial charge in [0, 0.05) is 0 Å². The van der Waals surface area contributed by atoms with Crippen molar-refractivity contribution in [2.75, 3.05) is 0 Å². The Kier molecular flexibility index (Phi) is 2.45. The molecular weight excluding hydrogens is 230 g/mol. The Hall–Kier alpha value is -2.76. The summed E-state index contributed by atoms with van der Waals surface area (Å²) >= 11 is 0. The summed E-state index contributed by atoms with van der Waals surface area (Å²) in [7, 11) is 0. The number of fused-ring (bicyclic) bond motifs is 1. The van der Waals surface area contributed by atoms with Gasteiger partial charge in [0.1, 0.15) is 11.2 Å². The number of hydrogen-bond acceptors (Lipinski definition) is 5. The molecule has 3 rings (SSSR count). The van der Waals surface area contributed by atoms with E-state index in [4.69, 9.17) is 5.21 Å². The largest absolute Gasteiger partial charge is 0.411 e. The highest BCUT2D eigenvalue weighted by molar-refractivity contribution is 5.80. The Labute approximate surface area is 102 Å². The lowest BCUT2D eigenvalue weighted by Crippen LogP contribution is -1.98. The maximum absolute atomic E-state index is 8.46. The van der Waals surface area contributed by atoms with E-state index in [0.717, 1.165) is 5.69 Å². The lowest BCUT2D eigenvalue weighted by molar-refractivity contribution is 0.321. The zero-order chi connectivity index (χ0) is 12.4. The summed E-state index contributed by atoms with van der Waals surface area (Å²) in [6.07, 6.45) is 4.39. The van der Waals surface area contributed by atoms with Crippen LogP contribution in [0.5, 0.6) is 0 Å². The van der Waals surface area contributed by atoms with E-state index in [2.05, 4.69) is 20.2 Å². The molecule has 0 saturated heterocycles. The predicted molar refractivity (Wildman–Crippen MR) is 66.0 cm³/mol. The molecule has 0 aliphatic rings. The summed E-state index contributed by atoms with van der Waals surface area (Å²) in [6.45, 7) is 0. The van der Waals surface area contributed by atoms with Crippen molar-refractivity contribution < 1.29 is 5.21 Å². The first-order chi connectivity index (χ1) is 8.88. The Balaban J connectivity index is 2.16. The number of rotatable bonds is 2. The average Bonchev–Trinajstić information content (AvgIpc) is 2.83. The van der Waals surface area contributed by atoms with Crippen LogP contribution in [0, 0.1) is 0 Å². The number of para-hydroxylation sites is 1. The van der Waals surface area contributed by atoms with Crippen molar-refractivity contribution >= 4 is 17.4 Å². The molecule has 88 valence electrons. The predicted octanol–water partition coefficient (Wildman–Crippen LogP) is 1.62.